The molecule has 0 bridgehead atoms. The molecule has 0 amide bonds. The maximum atomic E-state index is 15.9. The van der Waals surface area contributed by atoms with E-state index < -0.39 is 67.7 Å². The molecule has 4 rings (SSSR count). The highest BCUT2D eigenvalue weighted by molar-refractivity contribution is 6.30. The normalized spacial score (nSPS) is 14.7. The van der Waals surface area contributed by atoms with Gasteiger partial charge in [0.1, 0.15) is 49.2 Å². The van der Waals surface area contributed by atoms with Crippen molar-refractivity contribution in [2.45, 2.75) is 78.1 Å². The van der Waals surface area contributed by atoms with Gasteiger partial charge in [0.15, 0.2) is 0 Å². The molecule has 0 aromatic heterocycles. The van der Waals surface area contributed by atoms with Crippen LogP contribution in [0.15, 0.2) is 85.0 Å². The molecular weight excluding hydrogens is 804 g/mol. The maximum Gasteiger partial charge on any atom is 0.417 e. The minimum absolute atomic E-state index is 0.0264. The largest absolute Gasteiger partial charge is 0.493 e. The predicted octanol–water partition coefficient (Wildman–Crippen LogP) is 8.41. The van der Waals surface area contributed by atoms with E-state index >= 15 is 4.39 Å². The van der Waals surface area contributed by atoms with Crippen molar-refractivity contribution >= 4 is 35.8 Å². The van der Waals surface area contributed by atoms with Crippen LogP contribution in [0.1, 0.15) is 83.6 Å². The number of ether oxygens (including phenoxy) is 7. The van der Waals surface area contributed by atoms with Gasteiger partial charge >= 0.3 is 35.8 Å². The number of esters is 6. The lowest BCUT2D eigenvalue weighted by Crippen LogP contribution is -2.45. The molecule has 0 radical (unpaired) electrons. The number of rotatable bonds is 19. The molecule has 14 heteroatoms. The fourth-order valence-corrected chi connectivity index (χ4v) is 6.97. The maximum absolute atomic E-state index is 15.9. The Bertz CT molecular complexity index is 2080. The van der Waals surface area contributed by atoms with Crippen molar-refractivity contribution in [2.75, 3.05) is 40.6 Å². The Kier molecular flexibility index (Phi) is 18.0. The highest BCUT2D eigenvalue weighted by atomic mass is 19.1. The highest BCUT2D eigenvalue weighted by Crippen LogP contribution is 2.40. The third-order valence-electron chi connectivity index (χ3n) is 10.7. The van der Waals surface area contributed by atoms with E-state index in [0.717, 1.165) is 51.4 Å². The standard InChI is InChI=1S/C48H55FO13/c1-8-9-10-11-32-12-14-33(15-13-32)35-18-22-38(40(49)24-35)36-19-23-39(41(25-36)62-43(51)31(4)5)34-16-20-37(21-17-34)58-26-48(27-59-42(50)30(2)3,28-60-46(54)44(52)56-6)29-61-47(55)45(53)57-7/h16-25,32-33H,2,4,8-15,26-29H2,1,3,5-7H3. The summed E-state index contributed by atoms with van der Waals surface area (Å²) in [4.78, 5) is 73.4. The van der Waals surface area contributed by atoms with Gasteiger partial charge in [0.05, 0.1) is 14.2 Å². The number of carbonyl (C=O) groups excluding carboxylic acids is 6. The second-order valence-electron chi connectivity index (χ2n) is 15.6. The van der Waals surface area contributed by atoms with Crippen molar-refractivity contribution in [3.05, 3.63) is 96.3 Å². The second kappa shape index (κ2) is 23.1. The number of carbonyl (C=O) groups is 6. The Morgan fingerprint density at radius 1 is 0.645 bits per heavy atom. The van der Waals surface area contributed by atoms with Crippen molar-refractivity contribution in [2.24, 2.45) is 11.3 Å². The Balaban J connectivity index is 1.59. The molecule has 332 valence electrons. The fraction of sp³-hybridized carbons (Fsp3) is 0.417. The quantitative estimate of drug-likeness (QED) is 0.0282. The van der Waals surface area contributed by atoms with Gasteiger partial charge in [0.2, 0.25) is 0 Å². The zero-order valence-electron chi connectivity index (χ0n) is 36.0. The Labute approximate surface area is 361 Å². The van der Waals surface area contributed by atoms with E-state index in [1.807, 2.05) is 6.07 Å². The molecule has 0 saturated heterocycles. The average Bonchev–Trinajstić information content (AvgIpc) is 3.27. The Morgan fingerprint density at radius 3 is 1.73 bits per heavy atom. The molecule has 0 unspecified atom stereocenters. The first-order valence-electron chi connectivity index (χ1n) is 20.5. The first-order valence-corrected chi connectivity index (χ1v) is 20.5. The summed E-state index contributed by atoms with van der Waals surface area (Å²) in [7, 11) is 1.94. The molecule has 3 aromatic rings. The van der Waals surface area contributed by atoms with Crippen LogP contribution in [0, 0.1) is 17.2 Å². The van der Waals surface area contributed by atoms with Gasteiger partial charge in [-0.15, -0.1) is 0 Å². The van der Waals surface area contributed by atoms with Crippen LogP contribution in [0.2, 0.25) is 0 Å². The summed E-state index contributed by atoms with van der Waals surface area (Å²) >= 11 is 0. The van der Waals surface area contributed by atoms with Gasteiger partial charge in [0, 0.05) is 22.3 Å². The summed E-state index contributed by atoms with van der Waals surface area (Å²) < 4.78 is 52.0. The van der Waals surface area contributed by atoms with Crippen LogP contribution < -0.4 is 9.47 Å². The van der Waals surface area contributed by atoms with Crippen LogP contribution in [0.3, 0.4) is 0 Å². The molecule has 0 aliphatic heterocycles. The van der Waals surface area contributed by atoms with Crippen LogP contribution in [0.5, 0.6) is 11.5 Å². The topological polar surface area (TPSA) is 167 Å². The fourth-order valence-electron chi connectivity index (χ4n) is 6.97. The lowest BCUT2D eigenvalue weighted by Gasteiger charge is -2.31. The van der Waals surface area contributed by atoms with E-state index in [0.29, 0.717) is 28.2 Å². The third-order valence-corrected chi connectivity index (χ3v) is 10.7. The van der Waals surface area contributed by atoms with Gasteiger partial charge in [0.25, 0.3) is 0 Å². The number of benzene rings is 3. The zero-order valence-corrected chi connectivity index (χ0v) is 36.0. The number of unbranched alkanes of at least 4 members (excludes halogenated alkanes) is 2. The van der Waals surface area contributed by atoms with Gasteiger partial charge < -0.3 is 33.2 Å². The molecule has 13 nitrogen and oxygen atoms in total. The van der Waals surface area contributed by atoms with E-state index in [1.165, 1.54) is 39.5 Å². The predicted molar refractivity (Wildman–Crippen MR) is 226 cm³/mol. The smallest absolute Gasteiger partial charge is 0.417 e. The van der Waals surface area contributed by atoms with E-state index in [4.69, 9.17) is 23.7 Å². The van der Waals surface area contributed by atoms with Crippen LogP contribution in [0.25, 0.3) is 22.3 Å². The molecule has 1 aliphatic rings. The number of methoxy groups -OCH3 is 2. The number of halogens is 1. The molecule has 1 saturated carbocycles. The van der Waals surface area contributed by atoms with Crippen LogP contribution in [0.4, 0.5) is 4.39 Å². The Hall–Kier alpha value is -6.31. The van der Waals surface area contributed by atoms with Crippen molar-refractivity contribution in [1.29, 1.82) is 0 Å². The summed E-state index contributed by atoms with van der Waals surface area (Å²) in [5.74, 6) is -5.89. The van der Waals surface area contributed by atoms with E-state index in [2.05, 4.69) is 29.6 Å². The first kappa shape index (κ1) is 48.4. The molecule has 0 atom stereocenters. The third kappa shape index (κ3) is 13.6. The van der Waals surface area contributed by atoms with Crippen molar-refractivity contribution in [3.63, 3.8) is 0 Å². The molecule has 0 spiro atoms. The molecule has 0 N–H and O–H groups in total. The lowest BCUT2D eigenvalue weighted by atomic mass is 9.77. The summed E-state index contributed by atoms with van der Waals surface area (Å²) in [6.07, 6.45) is 9.40. The second-order valence-corrected chi connectivity index (χ2v) is 15.6. The van der Waals surface area contributed by atoms with E-state index in [1.54, 1.807) is 54.6 Å². The minimum atomic E-state index is -1.68. The van der Waals surface area contributed by atoms with Crippen LogP contribution in [-0.2, 0) is 52.5 Å². The van der Waals surface area contributed by atoms with Gasteiger partial charge in [-0.05, 0) is 92.3 Å². The zero-order chi connectivity index (χ0) is 45.4. The number of hydrogen-bond acceptors (Lipinski definition) is 13. The SMILES string of the molecule is C=C(C)C(=O)OCC(COC(=O)C(=O)OC)(COC(=O)C(=O)OC)COc1ccc(-c2ccc(-c3ccc(C4CCC(CCCCC)CC4)cc3F)cc2OC(=O)C(=C)C)cc1. The molecule has 0 heterocycles. The van der Waals surface area contributed by atoms with Crippen LogP contribution >= 0.6 is 0 Å². The van der Waals surface area contributed by atoms with Crippen molar-refractivity contribution in [3.8, 4) is 33.8 Å². The van der Waals surface area contributed by atoms with E-state index in [-0.39, 0.29) is 28.5 Å². The summed E-state index contributed by atoms with van der Waals surface area (Å²) in [6.45, 7) is 9.90. The van der Waals surface area contributed by atoms with Crippen LogP contribution in [-0.4, -0.2) is 76.5 Å². The minimum Gasteiger partial charge on any atom is -0.493 e. The van der Waals surface area contributed by atoms with Crippen molar-refractivity contribution in [1.82, 2.24) is 0 Å². The number of hydrogen-bond donors (Lipinski definition) is 0. The lowest BCUT2D eigenvalue weighted by molar-refractivity contribution is -0.177. The van der Waals surface area contributed by atoms with Gasteiger partial charge in [-0.3, -0.25) is 0 Å². The van der Waals surface area contributed by atoms with Gasteiger partial charge in [-0.1, -0.05) is 82.2 Å². The van der Waals surface area contributed by atoms with Gasteiger partial charge in [-0.2, -0.15) is 0 Å². The molecule has 3 aromatic carbocycles. The molecule has 1 aliphatic carbocycles. The Morgan fingerprint density at radius 2 is 1.19 bits per heavy atom. The highest BCUT2D eigenvalue weighted by Gasteiger charge is 2.39. The molecule has 1 fully saturated rings. The summed E-state index contributed by atoms with van der Waals surface area (Å²) in [6, 6.07) is 16.9. The first-order chi connectivity index (χ1) is 29.6. The average molecular weight is 859 g/mol. The molecule has 62 heavy (non-hydrogen) atoms. The summed E-state index contributed by atoms with van der Waals surface area (Å²) in [5.41, 5.74) is 1.43. The van der Waals surface area contributed by atoms with E-state index in [9.17, 15) is 28.8 Å². The monoisotopic (exact) mass is 858 g/mol. The molecular formula is C48H55FO13. The van der Waals surface area contributed by atoms with Crippen molar-refractivity contribution < 1.29 is 66.3 Å². The van der Waals surface area contributed by atoms with Gasteiger partial charge in [-0.25, -0.2) is 33.2 Å². The summed E-state index contributed by atoms with van der Waals surface area (Å²) in [5, 5.41) is 0.